The summed E-state index contributed by atoms with van der Waals surface area (Å²) in [5, 5.41) is 6.98. The van der Waals surface area contributed by atoms with Crippen LogP contribution in [0.1, 0.15) is 77.1 Å². The number of amides is 2. The van der Waals surface area contributed by atoms with Crippen LogP contribution in [-0.2, 0) is 9.53 Å². The lowest BCUT2D eigenvalue weighted by Crippen LogP contribution is -2.47. The van der Waals surface area contributed by atoms with E-state index in [1.54, 1.807) is 31.7 Å². The summed E-state index contributed by atoms with van der Waals surface area (Å²) in [6.45, 7) is 8.99. The minimum atomic E-state index is -0.976. The Morgan fingerprint density at radius 2 is 2.15 bits per heavy atom. The third kappa shape index (κ3) is 6.31. The lowest BCUT2D eigenvalue weighted by Gasteiger charge is -2.29. The quantitative estimate of drug-likeness (QED) is 0.632. The third-order valence-corrected chi connectivity index (χ3v) is 6.09. The van der Waals surface area contributed by atoms with Gasteiger partial charge < -0.3 is 19.5 Å². The Hall–Kier alpha value is -2.49. The van der Waals surface area contributed by atoms with Crippen molar-refractivity contribution in [1.82, 2.24) is 25.3 Å². The van der Waals surface area contributed by atoms with E-state index >= 15 is 0 Å². The monoisotopic (exact) mass is 463 g/mol. The molecule has 1 saturated heterocycles. The number of alkyl carbamates (subject to hydrolysis) is 1. The number of ether oxygens (including phenoxy) is 1. The Bertz CT molecular complexity index is 907. The molecule has 2 aliphatic heterocycles. The van der Waals surface area contributed by atoms with Crippen molar-refractivity contribution in [3.8, 4) is 0 Å². The van der Waals surface area contributed by atoms with Gasteiger partial charge in [-0.3, -0.25) is 9.69 Å². The Kier molecular flexibility index (Phi) is 6.74. The fraction of sp³-hybridized carbons (Fsp3) is 0.739. The van der Waals surface area contributed by atoms with Gasteiger partial charge in [0.2, 0.25) is 11.8 Å². The number of carbonyl (C=O) groups excluding carboxylic acids is 2. The van der Waals surface area contributed by atoms with Crippen LogP contribution in [0.5, 0.6) is 0 Å². The van der Waals surface area contributed by atoms with Gasteiger partial charge in [-0.1, -0.05) is 5.16 Å². The standard InChI is InChI=1S/C23H34FN5O4/c1-14-9-19(30)29(11-14)13-17(25-22(31)32-23(2,3)4)7-8-28-12-16(24)10-18(28)21-26-20(27-33-21)15-5-6-15/h9,15-18H,5-8,10-13H2,1-4H3,(H,25,31)/t16-,17-,18-/m0/s1. The summed E-state index contributed by atoms with van der Waals surface area (Å²) in [4.78, 5) is 32.9. The highest BCUT2D eigenvalue weighted by molar-refractivity contribution is 5.91. The van der Waals surface area contributed by atoms with Crippen LogP contribution in [0.2, 0.25) is 0 Å². The zero-order chi connectivity index (χ0) is 23.8. The molecule has 0 bridgehead atoms. The van der Waals surface area contributed by atoms with Gasteiger partial charge in [0.05, 0.1) is 12.1 Å². The molecule has 0 unspecified atom stereocenters. The van der Waals surface area contributed by atoms with Crippen molar-refractivity contribution >= 4 is 12.0 Å². The average Bonchev–Trinajstić information content (AvgIpc) is 3.17. The molecule has 0 spiro atoms. The van der Waals surface area contributed by atoms with Gasteiger partial charge in [-0.25, -0.2) is 9.18 Å². The number of likely N-dealkylation sites (tertiary alicyclic amines) is 1. The molecule has 1 aliphatic carbocycles. The fourth-order valence-electron chi connectivity index (χ4n) is 4.39. The van der Waals surface area contributed by atoms with Crippen molar-refractivity contribution in [2.75, 3.05) is 26.2 Å². The van der Waals surface area contributed by atoms with E-state index in [1.807, 2.05) is 11.8 Å². The molecule has 33 heavy (non-hydrogen) atoms. The third-order valence-electron chi connectivity index (χ3n) is 6.09. The number of hydrogen-bond acceptors (Lipinski definition) is 7. The number of aromatic nitrogens is 2. The highest BCUT2D eigenvalue weighted by atomic mass is 19.1. The fourth-order valence-corrected chi connectivity index (χ4v) is 4.39. The molecular weight excluding hydrogens is 429 g/mol. The second kappa shape index (κ2) is 9.40. The van der Waals surface area contributed by atoms with Gasteiger partial charge in [0.1, 0.15) is 11.8 Å². The van der Waals surface area contributed by atoms with Crippen LogP contribution < -0.4 is 5.32 Å². The van der Waals surface area contributed by atoms with E-state index in [-0.39, 0.29) is 24.5 Å². The number of carbonyl (C=O) groups is 2. The van der Waals surface area contributed by atoms with E-state index in [2.05, 4.69) is 15.5 Å². The second-order valence-electron chi connectivity index (χ2n) is 10.5. The largest absolute Gasteiger partial charge is 0.444 e. The molecule has 1 aromatic rings. The number of nitrogens with one attached hydrogen (secondary N) is 1. The number of nitrogens with zero attached hydrogens (tertiary/aromatic N) is 4. The van der Waals surface area contributed by atoms with Crippen LogP contribution in [0, 0.1) is 0 Å². The van der Waals surface area contributed by atoms with Gasteiger partial charge in [0, 0.05) is 44.6 Å². The Morgan fingerprint density at radius 3 is 2.79 bits per heavy atom. The zero-order valence-corrected chi connectivity index (χ0v) is 19.8. The zero-order valence-electron chi connectivity index (χ0n) is 19.8. The highest BCUT2D eigenvalue weighted by Gasteiger charge is 2.38. The molecule has 4 rings (SSSR count). The van der Waals surface area contributed by atoms with Gasteiger partial charge in [0.15, 0.2) is 5.82 Å². The summed E-state index contributed by atoms with van der Waals surface area (Å²) in [6, 6.07) is -0.619. The van der Waals surface area contributed by atoms with Crippen LogP contribution in [-0.4, -0.2) is 75.9 Å². The summed E-state index contributed by atoms with van der Waals surface area (Å²) < 4.78 is 25.2. The molecule has 3 aliphatic rings. The van der Waals surface area contributed by atoms with Gasteiger partial charge in [-0.2, -0.15) is 4.98 Å². The molecule has 3 heterocycles. The maximum absolute atomic E-state index is 14.3. The minimum Gasteiger partial charge on any atom is -0.444 e. The van der Waals surface area contributed by atoms with Crippen LogP contribution in [0.15, 0.2) is 16.2 Å². The molecule has 1 saturated carbocycles. The van der Waals surface area contributed by atoms with Crippen LogP contribution in [0.3, 0.4) is 0 Å². The van der Waals surface area contributed by atoms with E-state index in [9.17, 15) is 14.0 Å². The molecule has 1 N–H and O–H groups in total. The minimum absolute atomic E-state index is 0.0650. The van der Waals surface area contributed by atoms with Gasteiger partial charge in [-0.05, 0) is 52.5 Å². The van der Waals surface area contributed by atoms with Crippen LogP contribution in [0.4, 0.5) is 9.18 Å². The number of rotatable bonds is 8. The maximum atomic E-state index is 14.3. The molecule has 10 heteroatoms. The summed E-state index contributed by atoms with van der Waals surface area (Å²) in [5.41, 5.74) is 0.355. The first-order chi connectivity index (χ1) is 15.6. The lowest BCUT2D eigenvalue weighted by atomic mass is 10.1. The summed E-state index contributed by atoms with van der Waals surface area (Å²) in [6.07, 6.45) is 3.08. The van der Waals surface area contributed by atoms with Crippen molar-refractivity contribution < 1.29 is 23.2 Å². The second-order valence-corrected chi connectivity index (χ2v) is 10.5. The van der Waals surface area contributed by atoms with Gasteiger partial charge in [0.25, 0.3) is 0 Å². The smallest absolute Gasteiger partial charge is 0.407 e. The Balaban J connectivity index is 1.40. The predicted molar refractivity (Wildman–Crippen MR) is 118 cm³/mol. The van der Waals surface area contributed by atoms with E-state index in [0.717, 1.165) is 18.4 Å². The molecule has 1 aromatic heterocycles. The number of hydrogen-bond donors (Lipinski definition) is 1. The maximum Gasteiger partial charge on any atom is 0.407 e. The van der Waals surface area contributed by atoms with Crippen molar-refractivity contribution in [2.45, 2.75) is 83.2 Å². The molecule has 2 fully saturated rings. The Morgan fingerprint density at radius 1 is 1.39 bits per heavy atom. The van der Waals surface area contributed by atoms with Crippen molar-refractivity contribution in [2.24, 2.45) is 0 Å². The van der Waals surface area contributed by atoms with Gasteiger partial charge in [-0.15, -0.1) is 0 Å². The van der Waals surface area contributed by atoms with Crippen molar-refractivity contribution in [1.29, 1.82) is 0 Å². The molecule has 9 nitrogen and oxygen atoms in total. The van der Waals surface area contributed by atoms with E-state index in [4.69, 9.17) is 9.26 Å². The topological polar surface area (TPSA) is 101 Å². The van der Waals surface area contributed by atoms with Gasteiger partial charge >= 0.3 is 6.09 Å². The molecular formula is C23H34FN5O4. The molecule has 182 valence electrons. The first-order valence-electron chi connectivity index (χ1n) is 11.7. The van der Waals surface area contributed by atoms with E-state index in [0.29, 0.717) is 50.1 Å². The van der Waals surface area contributed by atoms with Crippen LogP contribution in [0.25, 0.3) is 0 Å². The average molecular weight is 464 g/mol. The van der Waals surface area contributed by atoms with E-state index in [1.165, 1.54) is 0 Å². The molecule has 0 aromatic carbocycles. The van der Waals surface area contributed by atoms with Crippen LogP contribution >= 0.6 is 0 Å². The highest BCUT2D eigenvalue weighted by Crippen LogP contribution is 2.40. The molecule has 2 amide bonds. The Labute approximate surface area is 193 Å². The normalized spacial score (nSPS) is 24.8. The SMILES string of the molecule is CC1=CC(=O)N(C[C@H](CCN2C[C@@H](F)C[C@H]2c2nc(C3CC3)no2)NC(=O)OC(C)(C)C)C1. The van der Waals surface area contributed by atoms with Crippen molar-refractivity contribution in [3.63, 3.8) is 0 Å². The summed E-state index contributed by atoms with van der Waals surface area (Å²) in [7, 11) is 0. The van der Waals surface area contributed by atoms with Crippen molar-refractivity contribution in [3.05, 3.63) is 23.4 Å². The first kappa shape index (κ1) is 23.7. The first-order valence-corrected chi connectivity index (χ1v) is 11.7. The number of alkyl halides is 1. The summed E-state index contributed by atoms with van der Waals surface area (Å²) in [5.74, 6) is 1.48. The molecule has 0 radical (unpaired) electrons. The summed E-state index contributed by atoms with van der Waals surface area (Å²) >= 11 is 0. The lowest BCUT2D eigenvalue weighted by molar-refractivity contribution is -0.124. The van der Waals surface area contributed by atoms with E-state index < -0.39 is 17.9 Å². The predicted octanol–water partition coefficient (Wildman–Crippen LogP) is 3.10. The number of halogens is 1. The molecule has 3 atom stereocenters.